The summed E-state index contributed by atoms with van der Waals surface area (Å²) in [6, 6.07) is 1.80. The number of hydrogen-bond donors (Lipinski definition) is 1. The molecule has 7 heteroatoms. The van der Waals surface area contributed by atoms with Gasteiger partial charge in [0.05, 0.1) is 11.8 Å². The Hall–Kier alpha value is -2.31. The number of carbonyl (C=O) groups excluding carboxylic acids is 3. The van der Waals surface area contributed by atoms with Crippen LogP contribution in [0.1, 0.15) is 37.1 Å². The molecule has 0 aromatic carbocycles. The first-order valence-electron chi connectivity index (χ1n) is 7.93. The molecule has 1 aromatic heterocycles. The minimum absolute atomic E-state index is 0.198. The summed E-state index contributed by atoms with van der Waals surface area (Å²) >= 11 is 0. The zero-order chi connectivity index (χ0) is 16.6. The van der Waals surface area contributed by atoms with Crippen LogP contribution in [0.2, 0.25) is 0 Å². The molecule has 23 heavy (non-hydrogen) atoms. The summed E-state index contributed by atoms with van der Waals surface area (Å²) in [4.78, 5) is 46.2. The summed E-state index contributed by atoms with van der Waals surface area (Å²) < 4.78 is 0. The number of rotatable bonds is 3. The first-order valence-corrected chi connectivity index (χ1v) is 7.93. The number of imide groups is 1. The Bertz CT molecular complexity index is 629. The number of anilines is 1. The van der Waals surface area contributed by atoms with Gasteiger partial charge in [0.25, 0.3) is 0 Å². The number of nitrogens with one attached hydrogen (secondary N) is 1. The standard InChI is InChI=1S/C16H20N4O3/c1-9-7-10(2)18-16(17-9)19-13(21)8-20-14(22)11-5-3-4-6-12(11)15(20)23/h7,11-12H,3-6,8H2,1-2H3,(H,17,18,19,21)/t11-,12+. The third-order valence-electron chi connectivity index (χ3n) is 4.47. The molecule has 0 radical (unpaired) electrons. The Kier molecular flexibility index (Phi) is 4.11. The average molecular weight is 316 g/mol. The van der Waals surface area contributed by atoms with Crippen molar-refractivity contribution in [3.63, 3.8) is 0 Å². The molecule has 0 spiro atoms. The molecule has 0 bridgehead atoms. The molecule has 1 N–H and O–H groups in total. The van der Waals surface area contributed by atoms with E-state index in [9.17, 15) is 14.4 Å². The topological polar surface area (TPSA) is 92.3 Å². The van der Waals surface area contributed by atoms with Crippen molar-refractivity contribution >= 4 is 23.7 Å². The van der Waals surface area contributed by atoms with Crippen LogP contribution < -0.4 is 5.32 Å². The maximum absolute atomic E-state index is 12.3. The van der Waals surface area contributed by atoms with Gasteiger partial charge < -0.3 is 0 Å². The van der Waals surface area contributed by atoms with Crippen molar-refractivity contribution in [3.05, 3.63) is 17.5 Å². The molecule has 1 saturated carbocycles. The molecule has 1 saturated heterocycles. The van der Waals surface area contributed by atoms with E-state index in [0.717, 1.165) is 42.0 Å². The van der Waals surface area contributed by atoms with Gasteiger partial charge >= 0.3 is 0 Å². The third kappa shape index (κ3) is 3.09. The van der Waals surface area contributed by atoms with Gasteiger partial charge in [-0.25, -0.2) is 9.97 Å². The molecule has 1 aliphatic heterocycles. The van der Waals surface area contributed by atoms with Gasteiger partial charge in [-0.1, -0.05) is 12.8 Å². The van der Waals surface area contributed by atoms with Gasteiger partial charge in [0.2, 0.25) is 23.7 Å². The largest absolute Gasteiger partial charge is 0.293 e. The van der Waals surface area contributed by atoms with Crippen LogP contribution in [-0.2, 0) is 14.4 Å². The molecule has 2 atom stereocenters. The smallest absolute Gasteiger partial charge is 0.246 e. The van der Waals surface area contributed by atoms with Gasteiger partial charge in [0.15, 0.2) is 0 Å². The van der Waals surface area contributed by atoms with E-state index in [1.807, 2.05) is 13.8 Å². The van der Waals surface area contributed by atoms with Crippen LogP contribution in [0, 0.1) is 25.7 Å². The SMILES string of the molecule is Cc1cc(C)nc(NC(=O)CN2C(=O)[C@H]3CCCC[C@H]3C2=O)n1. The van der Waals surface area contributed by atoms with Crippen LogP contribution in [0.5, 0.6) is 0 Å². The number of amides is 3. The molecule has 2 heterocycles. The molecule has 1 aromatic rings. The minimum Gasteiger partial charge on any atom is -0.293 e. The fraction of sp³-hybridized carbons (Fsp3) is 0.562. The van der Waals surface area contributed by atoms with Crippen molar-refractivity contribution < 1.29 is 14.4 Å². The van der Waals surface area contributed by atoms with Gasteiger partial charge in [-0.05, 0) is 32.8 Å². The van der Waals surface area contributed by atoms with Crippen molar-refractivity contribution in [2.45, 2.75) is 39.5 Å². The van der Waals surface area contributed by atoms with E-state index in [-0.39, 0.29) is 36.1 Å². The van der Waals surface area contributed by atoms with E-state index in [1.165, 1.54) is 0 Å². The Balaban J connectivity index is 1.67. The predicted octanol–water partition coefficient (Wildman–Crippen LogP) is 1.21. The highest BCUT2D eigenvalue weighted by Crippen LogP contribution is 2.37. The lowest BCUT2D eigenvalue weighted by atomic mass is 9.81. The molecule has 0 unspecified atom stereocenters. The fourth-order valence-corrected chi connectivity index (χ4v) is 3.48. The third-order valence-corrected chi connectivity index (χ3v) is 4.47. The quantitative estimate of drug-likeness (QED) is 0.846. The zero-order valence-corrected chi connectivity index (χ0v) is 13.3. The Morgan fingerprint density at radius 3 is 2.17 bits per heavy atom. The summed E-state index contributed by atoms with van der Waals surface area (Å²) in [6.45, 7) is 3.35. The van der Waals surface area contributed by atoms with Crippen LogP contribution in [0.15, 0.2) is 6.07 Å². The van der Waals surface area contributed by atoms with Gasteiger partial charge in [-0.15, -0.1) is 0 Å². The van der Waals surface area contributed by atoms with Crippen LogP contribution in [0.4, 0.5) is 5.95 Å². The zero-order valence-electron chi connectivity index (χ0n) is 13.3. The predicted molar refractivity (Wildman–Crippen MR) is 82.3 cm³/mol. The second kappa shape index (κ2) is 6.06. The Labute approximate surface area is 134 Å². The highest BCUT2D eigenvalue weighted by Gasteiger charge is 2.48. The first-order chi connectivity index (χ1) is 11.0. The molecule has 7 nitrogen and oxygen atoms in total. The summed E-state index contributed by atoms with van der Waals surface area (Å²) in [7, 11) is 0. The summed E-state index contributed by atoms with van der Waals surface area (Å²) in [5.41, 5.74) is 1.49. The van der Waals surface area contributed by atoms with E-state index in [0.29, 0.717) is 0 Å². The molecule has 3 amide bonds. The molecular formula is C16H20N4O3. The second-order valence-corrected chi connectivity index (χ2v) is 6.28. The summed E-state index contributed by atoms with van der Waals surface area (Å²) in [5, 5.41) is 2.57. The van der Waals surface area contributed by atoms with Crippen LogP contribution in [-0.4, -0.2) is 39.1 Å². The van der Waals surface area contributed by atoms with Crippen LogP contribution >= 0.6 is 0 Å². The lowest BCUT2D eigenvalue weighted by molar-refractivity contribution is -0.142. The normalized spacial score (nSPS) is 23.8. The van der Waals surface area contributed by atoms with Crippen molar-refractivity contribution in [1.82, 2.24) is 14.9 Å². The number of aromatic nitrogens is 2. The monoisotopic (exact) mass is 316 g/mol. The van der Waals surface area contributed by atoms with Gasteiger partial charge in [-0.2, -0.15) is 0 Å². The summed E-state index contributed by atoms with van der Waals surface area (Å²) in [6.07, 6.45) is 3.42. The fourth-order valence-electron chi connectivity index (χ4n) is 3.48. The van der Waals surface area contributed by atoms with Crippen molar-refractivity contribution in [2.75, 3.05) is 11.9 Å². The Morgan fingerprint density at radius 1 is 1.13 bits per heavy atom. The number of hydrogen-bond acceptors (Lipinski definition) is 5. The molecular weight excluding hydrogens is 296 g/mol. The highest BCUT2D eigenvalue weighted by molar-refractivity contribution is 6.08. The number of nitrogens with zero attached hydrogens (tertiary/aromatic N) is 3. The van der Waals surface area contributed by atoms with E-state index < -0.39 is 5.91 Å². The maximum atomic E-state index is 12.3. The van der Waals surface area contributed by atoms with Gasteiger partial charge in [-0.3, -0.25) is 24.6 Å². The van der Waals surface area contributed by atoms with E-state index >= 15 is 0 Å². The van der Waals surface area contributed by atoms with Crippen LogP contribution in [0.3, 0.4) is 0 Å². The first kappa shape index (κ1) is 15.6. The number of carbonyl (C=O) groups is 3. The molecule has 1 aliphatic carbocycles. The number of aryl methyl sites for hydroxylation is 2. The number of fused-ring (bicyclic) bond motifs is 1. The van der Waals surface area contributed by atoms with Crippen LogP contribution in [0.25, 0.3) is 0 Å². The molecule has 3 rings (SSSR count). The van der Waals surface area contributed by atoms with Gasteiger partial charge in [0, 0.05) is 11.4 Å². The van der Waals surface area contributed by atoms with Gasteiger partial charge in [0.1, 0.15) is 6.54 Å². The van der Waals surface area contributed by atoms with E-state index in [2.05, 4.69) is 15.3 Å². The second-order valence-electron chi connectivity index (χ2n) is 6.28. The summed E-state index contributed by atoms with van der Waals surface area (Å²) in [5.74, 6) is -1.14. The minimum atomic E-state index is -0.449. The lowest BCUT2D eigenvalue weighted by Crippen LogP contribution is -2.38. The highest BCUT2D eigenvalue weighted by atomic mass is 16.2. The molecule has 2 fully saturated rings. The Morgan fingerprint density at radius 2 is 1.65 bits per heavy atom. The lowest BCUT2D eigenvalue weighted by Gasteiger charge is -2.19. The van der Waals surface area contributed by atoms with Crippen molar-refractivity contribution in [2.24, 2.45) is 11.8 Å². The molecule has 2 aliphatic rings. The number of likely N-dealkylation sites (tertiary alicyclic amines) is 1. The van der Waals surface area contributed by atoms with E-state index in [1.54, 1.807) is 6.07 Å². The van der Waals surface area contributed by atoms with Crippen molar-refractivity contribution in [1.29, 1.82) is 0 Å². The maximum Gasteiger partial charge on any atom is 0.246 e. The van der Waals surface area contributed by atoms with Crippen molar-refractivity contribution in [3.8, 4) is 0 Å². The average Bonchev–Trinajstić information content (AvgIpc) is 2.72. The van der Waals surface area contributed by atoms with E-state index in [4.69, 9.17) is 0 Å². The molecule has 122 valence electrons.